The average molecular weight is 269 g/mol. The van der Waals surface area contributed by atoms with Crippen LogP contribution in [0.2, 0.25) is 5.02 Å². The van der Waals surface area contributed by atoms with Crippen molar-refractivity contribution in [3.63, 3.8) is 0 Å². The maximum Gasteiger partial charge on any atom is 0.252 e. The van der Waals surface area contributed by atoms with Crippen LogP contribution in [0.4, 0.5) is 5.69 Å². The molecule has 0 saturated carbocycles. The fourth-order valence-corrected chi connectivity index (χ4v) is 2.26. The van der Waals surface area contributed by atoms with E-state index in [2.05, 4.69) is 5.32 Å². The molecule has 1 heterocycles. The second-order valence-electron chi connectivity index (χ2n) is 4.44. The van der Waals surface area contributed by atoms with Crippen LogP contribution >= 0.6 is 11.6 Å². The fourth-order valence-electron chi connectivity index (χ4n) is 1.99. The second kappa shape index (κ2) is 6.07. The average Bonchev–Trinajstić information content (AvgIpc) is 2.37. The highest BCUT2D eigenvalue weighted by Crippen LogP contribution is 2.19. The van der Waals surface area contributed by atoms with Gasteiger partial charge < -0.3 is 15.8 Å². The van der Waals surface area contributed by atoms with E-state index in [0.717, 1.165) is 25.9 Å². The Kier molecular flexibility index (Phi) is 4.44. The maximum atomic E-state index is 11.9. The lowest BCUT2D eigenvalue weighted by Crippen LogP contribution is -2.35. The molecule has 1 amide bonds. The first kappa shape index (κ1) is 13.2. The number of ether oxygens (including phenoxy) is 1. The first-order valence-corrected chi connectivity index (χ1v) is 6.49. The van der Waals surface area contributed by atoms with Gasteiger partial charge in [0.2, 0.25) is 0 Å². The molecule has 1 atom stereocenters. The number of hydrogen-bond acceptors (Lipinski definition) is 3. The van der Waals surface area contributed by atoms with Crippen LogP contribution in [-0.2, 0) is 4.74 Å². The third kappa shape index (κ3) is 3.37. The smallest absolute Gasteiger partial charge is 0.252 e. The van der Waals surface area contributed by atoms with Gasteiger partial charge in [-0.1, -0.05) is 11.6 Å². The van der Waals surface area contributed by atoms with Crippen LogP contribution < -0.4 is 11.1 Å². The van der Waals surface area contributed by atoms with Crippen LogP contribution in [0.1, 0.15) is 29.6 Å². The molecule has 0 radical (unpaired) electrons. The van der Waals surface area contributed by atoms with Gasteiger partial charge in [0.1, 0.15) is 0 Å². The summed E-state index contributed by atoms with van der Waals surface area (Å²) in [6.45, 7) is 1.31. The van der Waals surface area contributed by atoms with Crippen molar-refractivity contribution in [1.29, 1.82) is 0 Å². The van der Waals surface area contributed by atoms with E-state index in [1.165, 1.54) is 0 Å². The van der Waals surface area contributed by atoms with Gasteiger partial charge in [0, 0.05) is 18.8 Å². The molecule has 0 aromatic heterocycles. The Balaban J connectivity index is 1.90. The quantitative estimate of drug-likeness (QED) is 0.826. The molecule has 1 saturated heterocycles. The van der Waals surface area contributed by atoms with Crippen molar-refractivity contribution in [2.24, 2.45) is 0 Å². The summed E-state index contributed by atoms with van der Waals surface area (Å²) in [5.41, 5.74) is 6.58. The summed E-state index contributed by atoms with van der Waals surface area (Å²) < 4.78 is 5.55. The van der Waals surface area contributed by atoms with E-state index in [1.54, 1.807) is 18.2 Å². The Morgan fingerprint density at radius 3 is 3.00 bits per heavy atom. The highest BCUT2D eigenvalue weighted by molar-refractivity contribution is 6.34. The van der Waals surface area contributed by atoms with E-state index in [9.17, 15) is 4.79 Å². The third-order valence-electron chi connectivity index (χ3n) is 3.00. The molecule has 2 rings (SSSR count). The molecule has 3 N–H and O–H groups in total. The Labute approximate surface area is 111 Å². The predicted octanol–water partition coefficient (Wildman–Crippen LogP) is 2.22. The van der Waals surface area contributed by atoms with Gasteiger partial charge in [-0.15, -0.1) is 0 Å². The lowest BCUT2D eigenvalue weighted by Gasteiger charge is -2.22. The summed E-state index contributed by atoms with van der Waals surface area (Å²) in [6, 6.07) is 4.88. The Hall–Kier alpha value is -1.26. The minimum atomic E-state index is -0.186. The number of amides is 1. The van der Waals surface area contributed by atoms with Gasteiger partial charge in [-0.2, -0.15) is 0 Å². The lowest BCUT2D eigenvalue weighted by molar-refractivity contribution is 0.0169. The summed E-state index contributed by atoms with van der Waals surface area (Å²) in [7, 11) is 0. The van der Waals surface area contributed by atoms with Crippen molar-refractivity contribution in [2.45, 2.75) is 25.4 Å². The van der Waals surface area contributed by atoms with Crippen molar-refractivity contribution in [3.8, 4) is 0 Å². The zero-order chi connectivity index (χ0) is 13.0. The fraction of sp³-hybridized carbons (Fsp3) is 0.462. The van der Waals surface area contributed by atoms with Crippen molar-refractivity contribution >= 4 is 23.2 Å². The molecule has 1 aromatic carbocycles. The van der Waals surface area contributed by atoms with Crippen LogP contribution in [0.25, 0.3) is 0 Å². The number of nitrogen functional groups attached to an aromatic ring is 1. The zero-order valence-electron chi connectivity index (χ0n) is 10.1. The van der Waals surface area contributed by atoms with Gasteiger partial charge in [-0.3, -0.25) is 4.79 Å². The minimum Gasteiger partial charge on any atom is -0.399 e. The number of carbonyl (C=O) groups is 1. The van der Waals surface area contributed by atoms with E-state index in [1.807, 2.05) is 0 Å². The van der Waals surface area contributed by atoms with Crippen LogP contribution in [0.15, 0.2) is 18.2 Å². The molecule has 0 aliphatic carbocycles. The van der Waals surface area contributed by atoms with Crippen molar-refractivity contribution in [2.75, 3.05) is 18.9 Å². The first-order valence-electron chi connectivity index (χ1n) is 6.11. The largest absolute Gasteiger partial charge is 0.399 e. The maximum absolute atomic E-state index is 11.9. The SMILES string of the molecule is Nc1ccc(C(=O)NCC2CCCCO2)c(Cl)c1. The summed E-state index contributed by atoms with van der Waals surface area (Å²) in [4.78, 5) is 11.9. The number of anilines is 1. The van der Waals surface area contributed by atoms with E-state index in [-0.39, 0.29) is 12.0 Å². The zero-order valence-corrected chi connectivity index (χ0v) is 10.9. The van der Waals surface area contributed by atoms with E-state index in [0.29, 0.717) is 22.8 Å². The normalized spacial score (nSPS) is 19.5. The minimum absolute atomic E-state index is 0.121. The highest BCUT2D eigenvalue weighted by Gasteiger charge is 2.16. The third-order valence-corrected chi connectivity index (χ3v) is 3.31. The van der Waals surface area contributed by atoms with Crippen LogP contribution in [0.5, 0.6) is 0 Å². The Morgan fingerprint density at radius 2 is 2.33 bits per heavy atom. The Bertz CT molecular complexity index is 431. The molecular formula is C13H17ClN2O2. The molecule has 98 valence electrons. The summed E-state index contributed by atoms with van der Waals surface area (Å²) >= 11 is 5.97. The number of benzene rings is 1. The first-order chi connectivity index (χ1) is 8.66. The predicted molar refractivity (Wildman–Crippen MR) is 71.8 cm³/mol. The number of halogens is 1. The van der Waals surface area contributed by atoms with Crippen LogP contribution in [-0.4, -0.2) is 25.2 Å². The second-order valence-corrected chi connectivity index (χ2v) is 4.85. The molecule has 4 nitrogen and oxygen atoms in total. The summed E-state index contributed by atoms with van der Waals surface area (Å²) in [6.07, 6.45) is 3.38. The molecule has 18 heavy (non-hydrogen) atoms. The van der Waals surface area contributed by atoms with E-state index < -0.39 is 0 Å². The van der Waals surface area contributed by atoms with Gasteiger partial charge >= 0.3 is 0 Å². The van der Waals surface area contributed by atoms with Gasteiger partial charge in [-0.05, 0) is 37.5 Å². The monoisotopic (exact) mass is 268 g/mol. The molecule has 1 fully saturated rings. The van der Waals surface area contributed by atoms with Gasteiger partial charge in [0.25, 0.3) is 5.91 Å². The molecule has 0 spiro atoms. The van der Waals surface area contributed by atoms with Crippen LogP contribution in [0.3, 0.4) is 0 Å². The number of nitrogens with one attached hydrogen (secondary N) is 1. The molecule has 1 unspecified atom stereocenters. The number of hydrogen-bond donors (Lipinski definition) is 2. The van der Waals surface area contributed by atoms with Gasteiger partial charge in [0.15, 0.2) is 0 Å². The van der Waals surface area contributed by atoms with Crippen molar-refractivity contribution < 1.29 is 9.53 Å². The molecule has 1 aliphatic heterocycles. The summed E-state index contributed by atoms with van der Waals surface area (Å²) in [5.74, 6) is -0.186. The molecule has 5 heteroatoms. The number of carbonyl (C=O) groups excluding carboxylic acids is 1. The number of nitrogens with two attached hydrogens (primary N) is 1. The van der Waals surface area contributed by atoms with Gasteiger partial charge in [-0.25, -0.2) is 0 Å². The molecule has 1 aliphatic rings. The molecular weight excluding hydrogens is 252 g/mol. The topological polar surface area (TPSA) is 64.4 Å². The van der Waals surface area contributed by atoms with Crippen molar-refractivity contribution in [3.05, 3.63) is 28.8 Å². The summed E-state index contributed by atoms with van der Waals surface area (Å²) in [5, 5.41) is 3.21. The van der Waals surface area contributed by atoms with E-state index >= 15 is 0 Å². The number of rotatable bonds is 3. The molecule has 1 aromatic rings. The lowest BCUT2D eigenvalue weighted by atomic mass is 10.1. The van der Waals surface area contributed by atoms with Crippen molar-refractivity contribution in [1.82, 2.24) is 5.32 Å². The van der Waals surface area contributed by atoms with Crippen LogP contribution in [0, 0.1) is 0 Å². The highest BCUT2D eigenvalue weighted by atomic mass is 35.5. The Morgan fingerprint density at radius 1 is 1.50 bits per heavy atom. The molecule has 0 bridgehead atoms. The van der Waals surface area contributed by atoms with E-state index in [4.69, 9.17) is 22.1 Å². The standard InChI is InChI=1S/C13H17ClN2O2/c14-12-7-9(15)4-5-11(12)13(17)16-8-10-3-1-2-6-18-10/h4-5,7,10H,1-3,6,8,15H2,(H,16,17). The van der Waals surface area contributed by atoms with Gasteiger partial charge in [0.05, 0.1) is 16.7 Å².